The van der Waals surface area contributed by atoms with Gasteiger partial charge in [-0.15, -0.1) is 23.6 Å². The van der Waals surface area contributed by atoms with Crippen LogP contribution in [0.2, 0.25) is 0 Å². The number of carbonyl (C=O) groups is 1. The quantitative estimate of drug-likeness (QED) is 0.0797. The molecule has 3 aromatic heterocycles. The Labute approximate surface area is 328 Å². The predicted molar refractivity (Wildman–Crippen MR) is 214 cm³/mol. The summed E-state index contributed by atoms with van der Waals surface area (Å²) in [6.45, 7) is 12.5. The van der Waals surface area contributed by atoms with Crippen LogP contribution < -0.4 is 0 Å². The van der Waals surface area contributed by atoms with Gasteiger partial charge in [0.1, 0.15) is 11.3 Å². The fourth-order valence-corrected chi connectivity index (χ4v) is 7.47. The number of benzene rings is 3. The molecule has 0 amide bonds. The van der Waals surface area contributed by atoms with Gasteiger partial charge in [0, 0.05) is 78.3 Å². The molecule has 1 aliphatic rings. The van der Waals surface area contributed by atoms with Gasteiger partial charge in [-0.25, -0.2) is 0 Å². The zero-order valence-corrected chi connectivity index (χ0v) is 34.2. The van der Waals surface area contributed by atoms with Crippen LogP contribution in [0.4, 0.5) is 0 Å². The van der Waals surface area contributed by atoms with E-state index in [4.69, 9.17) is 14.4 Å². The molecule has 0 fully saturated rings. The van der Waals surface area contributed by atoms with Gasteiger partial charge in [-0.1, -0.05) is 107 Å². The summed E-state index contributed by atoms with van der Waals surface area (Å²) in [5.74, 6) is 2.08. The second kappa shape index (κ2) is 18.1. The van der Waals surface area contributed by atoms with Gasteiger partial charge in [-0.05, 0) is 74.1 Å². The Morgan fingerprint density at radius 1 is 0.849 bits per heavy atom. The van der Waals surface area contributed by atoms with E-state index in [0.29, 0.717) is 5.92 Å². The monoisotopic (exact) mass is 884 g/mol. The fraction of sp³-hybridized carbons (Fsp3) is 0.340. The van der Waals surface area contributed by atoms with E-state index in [1.165, 1.54) is 33.7 Å². The maximum atomic E-state index is 11.7. The van der Waals surface area contributed by atoms with E-state index in [9.17, 15) is 9.90 Å². The summed E-state index contributed by atoms with van der Waals surface area (Å²) in [6, 6.07) is 29.2. The fourth-order valence-electron chi connectivity index (χ4n) is 7.47. The molecule has 3 aromatic carbocycles. The molecule has 0 atom stereocenters. The summed E-state index contributed by atoms with van der Waals surface area (Å²) in [5, 5.41) is 13.1. The van der Waals surface area contributed by atoms with Crippen molar-refractivity contribution in [3.05, 3.63) is 120 Å². The van der Waals surface area contributed by atoms with Crippen LogP contribution in [0.25, 0.3) is 55.4 Å². The van der Waals surface area contributed by atoms with Gasteiger partial charge < -0.3 is 9.52 Å². The van der Waals surface area contributed by atoms with Crippen molar-refractivity contribution >= 4 is 27.5 Å². The van der Waals surface area contributed by atoms with Crippen LogP contribution in [0.15, 0.2) is 101 Å². The summed E-state index contributed by atoms with van der Waals surface area (Å²) < 4.78 is 6.66. The predicted octanol–water partition coefficient (Wildman–Crippen LogP) is 12.3. The molecule has 0 unspecified atom stereocenters. The van der Waals surface area contributed by atoms with Gasteiger partial charge >= 0.3 is 0 Å². The first-order chi connectivity index (χ1) is 25.3. The van der Waals surface area contributed by atoms with E-state index in [2.05, 4.69) is 92.7 Å². The minimum atomic E-state index is 0. The molecule has 6 heteroatoms. The van der Waals surface area contributed by atoms with Crippen LogP contribution in [0.3, 0.4) is 0 Å². The Balaban J connectivity index is 0.000000290. The van der Waals surface area contributed by atoms with Crippen molar-refractivity contribution in [2.75, 3.05) is 0 Å². The average Bonchev–Trinajstić information content (AvgIpc) is 3.55. The van der Waals surface area contributed by atoms with E-state index >= 15 is 0 Å². The average molecular weight is 884 g/mol. The molecule has 7 rings (SSSR count). The van der Waals surface area contributed by atoms with Crippen LogP contribution >= 0.6 is 0 Å². The molecule has 0 bridgehead atoms. The van der Waals surface area contributed by atoms with Crippen molar-refractivity contribution < 1.29 is 34.4 Å². The van der Waals surface area contributed by atoms with Gasteiger partial charge in [-0.2, -0.15) is 0 Å². The van der Waals surface area contributed by atoms with Crippen molar-refractivity contribution in [3.63, 3.8) is 0 Å². The van der Waals surface area contributed by atoms with E-state index in [-0.39, 0.29) is 43.5 Å². The number of fused-ring (bicyclic) bond motifs is 6. The summed E-state index contributed by atoms with van der Waals surface area (Å²) >= 11 is 0. The van der Waals surface area contributed by atoms with Crippen LogP contribution in [-0.2, 0) is 44.2 Å². The van der Waals surface area contributed by atoms with Crippen molar-refractivity contribution in [1.82, 2.24) is 9.97 Å². The normalized spacial score (nSPS) is 12.4. The molecule has 0 spiro atoms. The SMILES string of the molecule is CC(C)Cc1cc2c(cn1)-c1oc3c(-c4[c-]c5ccccc5c(-c5ccccc5)c4)nccc3c1CC2.CCC(CC)C(=O)/C=C(\O)C(CC)CC.[Ir]. The Hall–Kier alpha value is -4.38. The van der Waals surface area contributed by atoms with Gasteiger partial charge in [0.15, 0.2) is 5.78 Å². The number of ketones is 1. The van der Waals surface area contributed by atoms with Gasteiger partial charge in [0.05, 0.1) is 5.76 Å². The largest absolute Gasteiger partial charge is 0.512 e. The second-order valence-corrected chi connectivity index (χ2v) is 14.4. The van der Waals surface area contributed by atoms with Crippen molar-refractivity contribution in [2.24, 2.45) is 17.8 Å². The molecule has 3 heterocycles. The molecule has 277 valence electrons. The maximum Gasteiger partial charge on any atom is 0.162 e. The number of rotatable bonds is 11. The van der Waals surface area contributed by atoms with Crippen LogP contribution in [0, 0.1) is 23.8 Å². The minimum absolute atomic E-state index is 0. The number of aliphatic hydroxyl groups is 1. The number of aromatic nitrogens is 2. The Bertz CT molecular complexity index is 2190. The third-order valence-corrected chi connectivity index (χ3v) is 10.5. The van der Waals surface area contributed by atoms with Crippen LogP contribution in [0.1, 0.15) is 84.0 Å². The minimum Gasteiger partial charge on any atom is -0.512 e. The number of furan rings is 1. The Kier molecular flexibility index (Phi) is 13.6. The summed E-state index contributed by atoms with van der Waals surface area (Å²) in [6.07, 6.45) is 11.8. The smallest absolute Gasteiger partial charge is 0.162 e. The van der Waals surface area contributed by atoms with Crippen LogP contribution in [0.5, 0.6) is 0 Å². The maximum absolute atomic E-state index is 11.7. The molecule has 1 aliphatic carbocycles. The number of aryl methyl sites for hydroxylation is 2. The molecular weight excluding hydrogens is 833 g/mol. The topological polar surface area (TPSA) is 76.2 Å². The molecule has 5 nitrogen and oxygen atoms in total. The summed E-state index contributed by atoms with van der Waals surface area (Å²) in [4.78, 5) is 21.3. The number of nitrogens with zero attached hydrogens (tertiary/aromatic N) is 2. The van der Waals surface area contributed by atoms with E-state index in [0.717, 1.165) is 89.6 Å². The Morgan fingerprint density at radius 2 is 1.55 bits per heavy atom. The number of pyridine rings is 2. The third-order valence-electron chi connectivity index (χ3n) is 10.5. The first-order valence-corrected chi connectivity index (χ1v) is 19.1. The third kappa shape index (κ3) is 8.72. The molecule has 0 aliphatic heterocycles. The zero-order chi connectivity index (χ0) is 36.8. The number of aliphatic hydroxyl groups excluding tert-OH is 1. The summed E-state index contributed by atoms with van der Waals surface area (Å²) in [7, 11) is 0. The standard InChI is InChI=1S/C34H27N2O.C13H24O2.Ir/c1-21(2)16-26-18-24-12-13-28-29-14-15-35-32(34(29)37-33(28)31(24)20-36-26)25-17-23-10-6-7-11-27(23)30(19-25)22-8-4-3-5-9-22;1-5-10(6-2)12(14)9-13(15)11(7-3)8-4;/h3-11,14-15,18-21H,12-13,16H2,1-2H3;9-11,14H,5-8H2,1-4H3;/q-1;;/b;12-9-;. The van der Waals surface area contributed by atoms with Crippen molar-refractivity contribution in [3.8, 4) is 33.7 Å². The first kappa shape index (κ1) is 39.8. The number of allylic oxidation sites excluding steroid dienone is 2. The van der Waals surface area contributed by atoms with Crippen molar-refractivity contribution in [2.45, 2.75) is 86.5 Å². The zero-order valence-electron chi connectivity index (χ0n) is 31.8. The summed E-state index contributed by atoms with van der Waals surface area (Å²) in [5.41, 5.74) is 9.82. The first-order valence-electron chi connectivity index (χ1n) is 19.1. The molecular formula is C47H51IrN2O3-. The van der Waals surface area contributed by atoms with E-state index in [1.54, 1.807) is 0 Å². The van der Waals surface area contributed by atoms with E-state index in [1.807, 2.05) is 40.1 Å². The van der Waals surface area contributed by atoms with Crippen molar-refractivity contribution in [1.29, 1.82) is 0 Å². The molecule has 53 heavy (non-hydrogen) atoms. The molecule has 1 N–H and O–H groups in total. The van der Waals surface area contributed by atoms with Gasteiger partial charge in [0.2, 0.25) is 0 Å². The van der Waals surface area contributed by atoms with Crippen LogP contribution in [-0.4, -0.2) is 20.9 Å². The molecule has 0 saturated carbocycles. The molecule has 1 radical (unpaired) electrons. The molecule has 0 saturated heterocycles. The number of carbonyl (C=O) groups excluding carboxylic acids is 1. The number of hydrogen-bond acceptors (Lipinski definition) is 5. The second-order valence-electron chi connectivity index (χ2n) is 14.4. The van der Waals surface area contributed by atoms with E-state index < -0.39 is 0 Å². The molecule has 6 aromatic rings. The van der Waals surface area contributed by atoms with Gasteiger partial charge in [0.25, 0.3) is 0 Å². The van der Waals surface area contributed by atoms with Gasteiger partial charge in [-0.3, -0.25) is 14.8 Å². The Morgan fingerprint density at radius 3 is 2.25 bits per heavy atom. The number of hydrogen-bond donors (Lipinski definition) is 1.